The van der Waals surface area contributed by atoms with Gasteiger partial charge in [0.2, 0.25) is 0 Å². The zero-order valence-corrected chi connectivity index (χ0v) is 17.2. The summed E-state index contributed by atoms with van der Waals surface area (Å²) in [4.78, 5) is 14.1. The van der Waals surface area contributed by atoms with E-state index in [1.807, 2.05) is 0 Å². The molecule has 0 saturated carbocycles. The van der Waals surface area contributed by atoms with Crippen molar-refractivity contribution in [3.05, 3.63) is 87.7 Å². The van der Waals surface area contributed by atoms with Crippen molar-refractivity contribution in [1.29, 1.82) is 0 Å². The predicted molar refractivity (Wildman–Crippen MR) is 115 cm³/mol. The van der Waals surface area contributed by atoms with Crippen molar-refractivity contribution in [2.45, 2.75) is 11.8 Å². The summed E-state index contributed by atoms with van der Waals surface area (Å²) in [7, 11) is -4.22. The van der Waals surface area contributed by atoms with Crippen LogP contribution in [-0.2, 0) is 10.0 Å². The van der Waals surface area contributed by atoms with Gasteiger partial charge < -0.3 is 0 Å². The van der Waals surface area contributed by atoms with Gasteiger partial charge in [-0.15, -0.1) is 0 Å². The van der Waals surface area contributed by atoms with E-state index in [0.717, 1.165) is 11.6 Å². The van der Waals surface area contributed by atoms with Crippen LogP contribution in [0.4, 0.5) is 17.1 Å². The Labute approximate surface area is 177 Å². The zero-order chi connectivity index (χ0) is 21.7. The summed E-state index contributed by atoms with van der Waals surface area (Å²) in [5.41, 5.74) is 3.76. The molecule has 0 spiro atoms. The number of rotatable bonds is 7. The smallest absolute Gasteiger partial charge is 0.270 e. The van der Waals surface area contributed by atoms with Crippen molar-refractivity contribution in [3.63, 3.8) is 0 Å². The summed E-state index contributed by atoms with van der Waals surface area (Å²) in [5, 5.41) is 15.5. The number of hydrazone groups is 1. The second kappa shape index (κ2) is 8.89. The monoisotopic (exact) mass is 445 g/mol. The SMILES string of the molecule is C/C(=N/Nc1ccc([N+](=O)[O-])cc1S(=O)(=O)Nc1ccccc1Cl)c1cccnc1. The van der Waals surface area contributed by atoms with Crippen molar-refractivity contribution >= 4 is 44.4 Å². The minimum Gasteiger partial charge on any atom is -0.278 e. The van der Waals surface area contributed by atoms with Gasteiger partial charge in [0.1, 0.15) is 4.90 Å². The van der Waals surface area contributed by atoms with Crippen LogP contribution in [-0.4, -0.2) is 24.0 Å². The Morgan fingerprint density at radius 1 is 1.13 bits per heavy atom. The molecule has 9 nitrogen and oxygen atoms in total. The summed E-state index contributed by atoms with van der Waals surface area (Å²) in [5.74, 6) is 0. The van der Waals surface area contributed by atoms with Gasteiger partial charge >= 0.3 is 0 Å². The molecule has 0 fully saturated rings. The molecule has 1 aromatic heterocycles. The van der Waals surface area contributed by atoms with Gasteiger partial charge in [-0.05, 0) is 31.2 Å². The van der Waals surface area contributed by atoms with Gasteiger partial charge in [0.15, 0.2) is 0 Å². The second-order valence-corrected chi connectivity index (χ2v) is 8.13. The van der Waals surface area contributed by atoms with Gasteiger partial charge in [-0.1, -0.05) is 29.8 Å². The number of nitrogens with zero attached hydrogens (tertiary/aromatic N) is 3. The number of non-ortho nitro benzene ring substituents is 1. The molecule has 0 saturated heterocycles. The molecule has 0 unspecified atom stereocenters. The highest BCUT2D eigenvalue weighted by Crippen LogP contribution is 2.30. The number of sulfonamides is 1. The quantitative estimate of drug-likeness (QED) is 0.317. The van der Waals surface area contributed by atoms with E-state index in [9.17, 15) is 18.5 Å². The number of nitrogens with one attached hydrogen (secondary N) is 2. The van der Waals surface area contributed by atoms with E-state index in [4.69, 9.17) is 11.6 Å². The molecule has 3 aromatic rings. The van der Waals surface area contributed by atoms with Crippen LogP contribution in [0.3, 0.4) is 0 Å². The predicted octanol–water partition coefficient (Wildman–Crippen LogP) is 4.28. The molecule has 0 amide bonds. The van der Waals surface area contributed by atoms with E-state index in [-0.39, 0.29) is 27.0 Å². The van der Waals surface area contributed by atoms with Crippen molar-refractivity contribution in [1.82, 2.24) is 4.98 Å². The molecule has 2 N–H and O–H groups in total. The fraction of sp³-hybridized carbons (Fsp3) is 0.0526. The molecule has 11 heteroatoms. The fourth-order valence-corrected chi connectivity index (χ4v) is 3.96. The van der Waals surface area contributed by atoms with E-state index < -0.39 is 14.9 Å². The molecular weight excluding hydrogens is 430 g/mol. The fourth-order valence-electron chi connectivity index (χ4n) is 2.47. The van der Waals surface area contributed by atoms with Gasteiger partial charge in [0.25, 0.3) is 15.7 Å². The first kappa shape index (κ1) is 21.2. The lowest BCUT2D eigenvalue weighted by molar-refractivity contribution is -0.385. The van der Waals surface area contributed by atoms with Crippen molar-refractivity contribution in [3.8, 4) is 0 Å². The lowest BCUT2D eigenvalue weighted by atomic mass is 10.2. The Morgan fingerprint density at radius 2 is 1.90 bits per heavy atom. The van der Waals surface area contributed by atoms with E-state index in [1.165, 1.54) is 24.3 Å². The maximum absolute atomic E-state index is 13.0. The second-order valence-electron chi connectivity index (χ2n) is 6.07. The summed E-state index contributed by atoms with van der Waals surface area (Å²) in [6.07, 6.45) is 3.22. The summed E-state index contributed by atoms with van der Waals surface area (Å²) in [6.45, 7) is 1.71. The third-order valence-corrected chi connectivity index (χ3v) is 5.74. The third-order valence-electron chi connectivity index (χ3n) is 4.01. The van der Waals surface area contributed by atoms with Crippen molar-refractivity contribution < 1.29 is 13.3 Å². The highest BCUT2D eigenvalue weighted by Gasteiger charge is 2.23. The number of benzene rings is 2. The maximum atomic E-state index is 13.0. The lowest BCUT2D eigenvalue weighted by Crippen LogP contribution is -2.15. The number of hydrogen-bond acceptors (Lipinski definition) is 7. The molecular formula is C19H16ClN5O4S. The normalized spacial score (nSPS) is 11.7. The average molecular weight is 446 g/mol. The highest BCUT2D eigenvalue weighted by atomic mass is 35.5. The Bertz CT molecular complexity index is 1220. The molecule has 154 valence electrons. The van der Waals surface area contributed by atoms with Gasteiger partial charge in [-0.25, -0.2) is 8.42 Å². The first-order valence-corrected chi connectivity index (χ1v) is 10.4. The van der Waals surface area contributed by atoms with Crippen LogP contribution < -0.4 is 10.1 Å². The first-order chi connectivity index (χ1) is 14.3. The Morgan fingerprint density at radius 3 is 2.57 bits per heavy atom. The first-order valence-electron chi connectivity index (χ1n) is 8.54. The van der Waals surface area contributed by atoms with Crippen LogP contribution >= 0.6 is 11.6 Å². The van der Waals surface area contributed by atoms with Crippen molar-refractivity contribution in [2.75, 3.05) is 10.1 Å². The van der Waals surface area contributed by atoms with Crippen LogP contribution in [0.2, 0.25) is 5.02 Å². The summed E-state index contributed by atoms with van der Waals surface area (Å²) < 4.78 is 28.3. The Balaban J connectivity index is 2.00. The van der Waals surface area contributed by atoms with Crippen LogP contribution in [0.1, 0.15) is 12.5 Å². The van der Waals surface area contributed by atoms with E-state index in [0.29, 0.717) is 5.71 Å². The minimum atomic E-state index is -4.22. The van der Waals surface area contributed by atoms with Gasteiger partial charge in [0.05, 0.1) is 27.0 Å². The molecule has 0 aliphatic carbocycles. The largest absolute Gasteiger partial charge is 0.278 e. The Kier molecular flexibility index (Phi) is 6.28. The molecule has 0 bridgehead atoms. The van der Waals surface area contributed by atoms with Gasteiger partial charge in [0, 0.05) is 30.1 Å². The number of aromatic nitrogens is 1. The number of nitro benzene ring substituents is 1. The minimum absolute atomic E-state index is 0.0587. The zero-order valence-electron chi connectivity index (χ0n) is 15.6. The molecule has 0 aliphatic heterocycles. The van der Waals surface area contributed by atoms with Crippen LogP contribution in [0.15, 0.2) is 77.0 Å². The number of halogens is 1. The summed E-state index contributed by atoms with van der Waals surface area (Å²) >= 11 is 6.03. The van der Waals surface area contributed by atoms with Gasteiger partial charge in [-0.3, -0.25) is 25.2 Å². The topological polar surface area (TPSA) is 127 Å². The van der Waals surface area contributed by atoms with Crippen molar-refractivity contribution in [2.24, 2.45) is 5.10 Å². The van der Waals surface area contributed by atoms with Crippen LogP contribution in [0.25, 0.3) is 0 Å². The third kappa shape index (κ3) is 4.91. The Hall–Kier alpha value is -3.50. The average Bonchev–Trinajstić information content (AvgIpc) is 2.74. The van der Waals surface area contributed by atoms with Crippen LogP contribution in [0, 0.1) is 10.1 Å². The van der Waals surface area contributed by atoms with Gasteiger partial charge in [-0.2, -0.15) is 5.10 Å². The highest BCUT2D eigenvalue weighted by molar-refractivity contribution is 7.93. The summed E-state index contributed by atoms with van der Waals surface area (Å²) in [6, 6.07) is 13.2. The molecule has 3 rings (SSSR count). The van der Waals surface area contributed by atoms with E-state index in [2.05, 4.69) is 20.2 Å². The lowest BCUT2D eigenvalue weighted by Gasteiger charge is -2.13. The number of para-hydroxylation sites is 1. The molecule has 30 heavy (non-hydrogen) atoms. The molecule has 0 aliphatic rings. The molecule has 0 atom stereocenters. The molecule has 2 aromatic carbocycles. The number of hydrogen-bond donors (Lipinski definition) is 2. The van der Waals surface area contributed by atoms with E-state index in [1.54, 1.807) is 43.6 Å². The number of pyridine rings is 1. The molecule has 1 heterocycles. The number of anilines is 2. The maximum Gasteiger partial charge on any atom is 0.270 e. The molecule has 0 radical (unpaired) electrons. The number of nitro groups is 1. The standard InChI is InChI=1S/C19H16ClN5O4S/c1-13(14-5-4-10-21-12-14)22-23-18-9-8-15(25(26)27)11-19(18)30(28,29)24-17-7-3-2-6-16(17)20/h2-12,23-24H,1H3/b22-13-. The van der Waals surface area contributed by atoms with Crippen LogP contribution in [0.5, 0.6) is 0 Å². The van der Waals surface area contributed by atoms with E-state index >= 15 is 0 Å².